The lowest BCUT2D eigenvalue weighted by Crippen LogP contribution is -2.11. The molecule has 0 fully saturated rings. The summed E-state index contributed by atoms with van der Waals surface area (Å²) < 4.78 is 25.8. The third kappa shape index (κ3) is 4.74. The van der Waals surface area contributed by atoms with Crippen LogP contribution in [0.1, 0.15) is 19.3 Å². The first kappa shape index (κ1) is 21.0. The maximum Gasteiger partial charge on any atom is 0.265 e. The first-order valence-electron chi connectivity index (χ1n) is 9.08. The summed E-state index contributed by atoms with van der Waals surface area (Å²) in [6.07, 6.45) is 0. The number of carbonyl (C=O) groups excluding carboxylic acids is 2. The van der Waals surface area contributed by atoms with E-state index in [0.29, 0.717) is 21.1 Å². The molecule has 2 amide bonds. The normalized spacial score (nSPS) is 11.1. The average molecular weight is 469 g/mol. The van der Waals surface area contributed by atoms with Crippen LogP contribution in [0.25, 0.3) is 0 Å². The van der Waals surface area contributed by atoms with Crippen LogP contribution >= 0.6 is 22.7 Å². The molecule has 0 aliphatic heterocycles. The predicted octanol–water partition coefficient (Wildman–Crippen LogP) is 5.15. The molecular formula is C22H16N2O4S3. The summed E-state index contributed by atoms with van der Waals surface area (Å²) >= 11 is 2.65. The minimum atomic E-state index is -3.74. The number of nitrogens with one attached hydrogen (secondary N) is 2. The molecule has 2 heterocycles. The summed E-state index contributed by atoms with van der Waals surface area (Å²) in [7, 11) is -3.74. The maximum absolute atomic E-state index is 12.9. The number of thiophene rings is 2. The summed E-state index contributed by atoms with van der Waals surface area (Å²) in [5, 5.41) is 9.09. The summed E-state index contributed by atoms with van der Waals surface area (Å²) in [6, 6.07) is 19.0. The molecule has 0 aliphatic carbocycles. The van der Waals surface area contributed by atoms with Crippen molar-refractivity contribution >= 4 is 55.7 Å². The van der Waals surface area contributed by atoms with Gasteiger partial charge in [-0.25, -0.2) is 8.42 Å². The fourth-order valence-corrected chi connectivity index (χ4v) is 5.27. The molecule has 0 saturated carbocycles. The molecule has 2 N–H and O–H groups in total. The van der Waals surface area contributed by atoms with E-state index >= 15 is 0 Å². The van der Waals surface area contributed by atoms with E-state index in [0.717, 1.165) is 0 Å². The quantitative estimate of drug-likeness (QED) is 0.409. The van der Waals surface area contributed by atoms with Crippen LogP contribution in [0.5, 0.6) is 0 Å². The smallest absolute Gasteiger partial charge is 0.265 e. The molecule has 2 aromatic heterocycles. The number of anilines is 2. The Labute approximate surface area is 187 Å². The lowest BCUT2D eigenvalue weighted by Gasteiger charge is -2.08. The van der Waals surface area contributed by atoms with Crippen molar-refractivity contribution in [2.24, 2.45) is 0 Å². The van der Waals surface area contributed by atoms with E-state index in [4.69, 9.17) is 0 Å². The third-order valence-electron chi connectivity index (χ3n) is 4.33. The number of rotatable bonds is 6. The van der Waals surface area contributed by atoms with Crippen LogP contribution in [-0.2, 0) is 9.84 Å². The van der Waals surface area contributed by atoms with Gasteiger partial charge in [0.1, 0.15) is 0 Å². The number of hydrogen-bond donors (Lipinski definition) is 2. The first-order valence-corrected chi connectivity index (χ1v) is 12.3. The number of amides is 2. The Balaban J connectivity index is 1.46. The van der Waals surface area contributed by atoms with Gasteiger partial charge in [0.25, 0.3) is 11.8 Å². The fraction of sp³-hybridized carbons (Fsp3) is 0. The van der Waals surface area contributed by atoms with Crippen LogP contribution in [0.2, 0.25) is 0 Å². The van der Waals surface area contributed by atoms with Crippen molar-refractivity contribution in [3.8, 4) is 0 Å². The third-order valence-corrected chi connectivity index (χ3v) is 7.86. The van der Waals surface area contributed by atoms with Crippen LogP contribution < -0.4 is 10.6 Å². The van der Waals surface area contributed by atoms with Crippen molar-refractivity contribution in [2.75, 3.05) is 10.6 Å². The monoisotopic (exact) mass is 468 g/mol. The summed E-state index contributed by atoms with van der Waals surface area (Å²) in [6.45, 7) is 0. The Hall–Kier alpha value is -3.27. The Morgan fingerprint density at radius 1 is 0.613 bits per heavy atom. The largest absolute Gasteiger partial charge is 0.321 e. The molecule has 4 aromatic rings. The standard InChI is InChI=1S/C22H16N2O4S3/c25-21(19-3-1-13-29-19)23-15-5-9-17(10-6-15)31(27,28)18-11-7-16(8-12-18)24-22(26)20-4-2-14-30-20/h1-14H,(H,23,25)(H,24,26). The Bertz CT molecular complexity index is 1200. The molecule has 0 unspecified atom stereocenters. The van der Waals surface area contributed by atoms with Gasteiger partial charge in [-0.1, -0.05) is 12.1 Å². The van der Waals surface area contributed by atoms with E-state index in [1.807, 2.05) is 10.8 Å². The number of benzene rings is 2. The van der Waals surface area contributed by atoms with Gasteiger partial charge in [-0.3, -0.25) is 9.59 Å². The minimum Gasteiger partial charge on any atom is -0.321 e. The average Bonchev–Trinajstić information content (AvgIpc) is 3.49. The molecule has 0 aliphatic rings. The van der Waals surface area contributed by atoms with Gasteiger partial charge in [-0.2, -0.15) is 0 Å². The van der Waals surface area contributed by atoms with Crippen LogP contribution in [0, 0.1) is 0 Å². The molecular weight excluding hydrogens is 452 g/mol. The second kappa shape index (κ2) is 8.84. The van der Waals surface area contributed by atoms with Crippen LogP contribution in [0.3, 0.4) is 0 Å². The van der Waals surface area contributed by atoms with E-state index in [9.17, 15) is 18.0 Å². The van der Waals surface area contributed by atoms with Crippen molar-refractivity contribution in [1.82, 2.24) is 0 Å². The van der Waals surface area contributed by atoms with Gasteiger partial charge >= 0.3 is 0 Å². The maximum atomic E-state index is 12.9. The zero-order chi connectivity index (χ0) is 21.8. The number of sulfone groups is 1. The molecule has 31 heavy (non-hydrogen) atoms. The Morgan fingerprint density at radius 2 is 1.00 bits per heavy atom. The molecule has 156 valence electrons. The van der Waals surface area contributed by atoms with Crippen LogP contribution in [0.4, 0.5) is 11.4 Å². The predicted molar refractivity (Wildman–Crippen MR) is 123 cm³/mol. The minimum absolute atomic E-state index is 0.108. The molecule has 2 aromatic carbocycles. The van der Waals surface area contributed by atoms with Crippen molar-refractivity contribution < 1.29 is 18.0 Å². The van der Waals surface area contributed by atoms with Crippen molar-refractivity contribution in [3.05, 3.63) is 93.3 Å². The van der Waals surface area contributed by atoms with Crippen molar-refractivity contribution in [2.45, 2.75) is 9.79 Å². The topological polar surface area (TPSA) is 92.3 Å². The summed E-state index contributed by atoms with van der Waals surface area (Å²) in [4.78, 5) is 25.6. The van der Waals surface area contributed by atoms with Crippen molar-refractivity contribution in [3.63, 3.8) is 0 Å². The number of carbonyl (C=O) groups is 2. The molecule has 0 spiro atoms. The lowest BCUT2D eigenvalue weighted by molar-refractivity contribution is 0.102. The summed E-state index contributed by atoms with van der Waals surface area (Å²) in [5.41, 5.74) is 1.01. The van der Waals surface area contributed by atoms with Crippen LogP contribution in [0.15, 0.2) is 93.3 Å². The van der Waals surface area contributed by atoms with E-state index in [-0.39, 0.29) is 21.6 Å². The molecule has 0 radical (unpaired) electrons. The molecule has 9 heteroatoms. The van der Waals surface area contributed by atoms with E-state index < -0.39 is 9.84 Å². The molecule has 0 atom stereocenters. The first-order chi connectivity index (χ1) is 14.9. The van der Waals surface area contributed by atoms with E-state index in [1.165, 1.54) is 46.9 Å². The van der Waals surface area contributed by atoms with E-state index in [1.54, 1.807) is 48.5 Å². The van der Waals surface area contributed by atoms with Gasteiger partial charge in [0.2, 0.25) is 9.84 Å². The highest BCUT2D eigenvalue weighted by molar-refractivity contribution is 7.91. The van der Waals surface area contributed by atoms with Gasteiger partial charge in [0.15, 0.2) is 0 Å². The van der Waals surface area contributed by atoms with Crippen molar-refractivity contribution in [1.29, 1.82) is 0 Å². The van der Waals surface area contributed by atoms with Gasteiger partial charge in [-0.05, 0) is 71.4 Å². The fourth-order valence-electron chi connectivity index (χ4n) is 2.77. The van der Waals surface area contributed by atoms with Gasteiger partial charge < -0.3 is 10.6 Å². The Kier molecular flexibility index (Phi) is 5.99. The molecule has 6 nitrogen and oxygen atoms in total. The zero-order valence-corrected chi connectivity index (χ0v) is 18.4. The molecule has 4 rings (SSSR count). The second-order valence-electron chi connectivity index (χ2n) is 6.42. The Morgan fingerprint density at radius 3 is 1.32 bits per heavy atom. The molecule has 0 bridgehead atoms. The molecule has 0 saturated heterocycles. The van der Waals surface area contributed by atoms with Gasteiger partial charge in [-0.15, -0.1) is 22.7 Å². The summed E-state index contributed by atoms with van der Waals surface area (Å²) in [5.74, 6) is -0.489. The van der Waals surface area contributed by atoms with E-state index in [2.05, 4.69) is 10.6 Å². The highest BCUT2D eigenvalue weighted by atomic mass is 32.2. The highest BCUT2D eigenvalue weighted by Gasteiger charge is 2.18. The highest BCUT2D eigenvalue weighted by Crippen LogP contribution is 2.24. The van der Waals surface area contributed by atoms with Crippen LogP contribution in [-0.4, -0.2) is 20.2 Å². The van der Waals surface area contributed by atoms with Gasteiger partial charge in [0, 0.05) is 11.4 Å². The SMILES string of the molecule is O=C(Nc1ccc(S(=O)(=O)c2ccc(NC(=O)c3cccs3)cc2)cc1)c1cccs1. The second-order valence-corrected chi connectivity index (χ2v) is 10.3. The zero-order valence-electron chi connectivity index (χ0n) is 15.9. The van der Waals surface area contributed by atoms with Gasteiger partial charge in [0.05, 0.1) is 19.5 Å². The lowest BCUT2D eigenvalue weighted by atomic mass is 10.3. The number of hydrogen-bond acceptors (Lipinski definition) is 6.